The van der Waals surface area contributed by atoms with Crippen molar-refractivity contribution in [3.63, 3.8) is 0 Å². The fourth-order valence-electron chi connectivity index (χ4n) is 6.12. The molecule has 0 saturated carbocycles. The molecule has 0 aromatic heterocycles. The lowest BCUT2D eigenvalue weighted by Crippen LogP contribution is -2.31. The SMILES string of the molecule is CCC1(C)/C(=C\C=C\C2=[N+](CC(C)=O)c3ccc(C)cc3C2(C)C)N(COc2ccc(O)cc2)c2ccccc21. The predicted octanol–water partition coefficient (Wildman–Crippen LogP) is 7.33. The number of carbonyl (C=O) groups is 1. The maximum Gasteiger partial charge on any atom is 0.210 e. The molecule has 40 heavy (non-hydrogen) atoms. The monoisotopic (exact) mass is 535 g/mol. The minimum Gasteiger partial charge on any atom is -0.508 e. The van der Waals surface area contributed by atoms with Crippen molar-refractivity contribution < 1.29 is 19.2 Å². The number of phenols is 1. The average molecular weight is 536 g/mol. The maximum absolute atomic E-state index is 12.3. The van der Waals surface area contributed by atoms with E-state index in [-0.39, 0.29) is 22.4 Å². The Balaban J connectivity index is 1.55. The summed E-state index contributed by atoms with van der Waals surface area (Å²) < 4.78 is 8.36. The van der Waals surface area contributed by atoms with Crippen LogP contribution in [0.1, 0.15) is 57.7 Å². The molecule has 5 heteroatoms. The number of rotatable bonds is 8. The van der Waals surface area contributed by atoms with Gasteiger partial charge in [0, 0.05) is 41.4 Å². The van der Waals surface area contributed by atoms with Crippen molar-refractivity contribution in [2.75, 3.05) is 18.2 Å². The van der Waals surface area contributed by atoms with E-state index >= 15 is 0 Å². The molecule has 1 atom stereocenters. The van der Waals surface area contributed by atoms with Gasteiger partial charge in [0.2, 0.25) is 12.2 Å². The van der Waals surface area contributed by atoms with Gasteiger partial charge in [0.05, 0.1) is 5.41 Å². The lowest BCUT2D eigenvalue weighted by atomic mass is 9.79. The zero-order valence-electron chi connectivity index (χ0n) is 24.4. The molecule has 206 valence electrons. The molecule has 2 aliphatic heterocycles. The van der Waals surface area contributed by atoms with Crippen molar-refractivity contribution in [2.45, 2.75) is 58.8 Å². The Hall–Kier alpha value is -4.12. The quantitative estimate of drug-likeness (QED) is 0.307. The number of para-hydroxylation sites is 1. The van der Waals surface area contributed by atoms with Crippen LogP contribution < -0.4 is 9.64 Å². The molecule has 0 spiro atoms. The summed E-state index contributed by atoms with van der Waals surface area (Å²) in [5.74, 6) is 1.05. The summed E-state index contributed by atoms with van der Waals surface area (Å²) in [6, 6.07) is 21.8. The normalized spacial score (nSPS) is 20.4. The van der Waals surface area contributed by atoms with E-state index < -0.39 is 0 Å². The van der Waals surface area contributed by atoms with Gasteiger partial charge in [-0.25, -0.2) is 0 Å². The van der Waals surface area contributed by atoms with Crippen molar-refractivity contribution in [2.24, 2.45) is 0 Å². The van der Waals surface area contributed by atoms with E-state index in [1.807, 2.05) is 0 Å². The lowest BCUT2D eigenvalue weighted by Gasteiger charge is -2.29. The number of anilines is 1. The maximum atomic E-state index is 12.3. The molecule has 5 rings (SSSR count). The first-order chi connectivity index (χ1) is 19.1. The van der Waals surface area contributed by atoms with Crippen molar-refractivity contribution >= 4 is 22.9 Å². The van der Waals surface area contributed by atoms with E-state index in [9.17, 15) is 9.90 Å². The third kappa shape index (κ3) is 4.74. The van der Waals surface area contributed by atoms with E-state index in [1.54, 1.807) is 31.2 Å². The molecule has 0 amide bonds. The fraction of sp³-hybridized carbons (Fsp3) is 0.314. The van der Waals surface area contributed by atoms with Gasteiger partial charge >= 0.3 is 0 Å². The van der Waals surface area contributed by atoms with Crippen molar-refractivity contribution in [3.05, 3.63) is 107 Å². The minimum atomic E-state index is -0.236. The van der Waals surface area contributed by atoms with Crippen LogP contribution in [-0.2, 0) is 15.6 Å². The Morgan fingerprint density at radius 1 is 1.02 bits per heavy atom. The van der Waals surface area contributed by atoms with Crippen LogP contribution in [0.5, 0.6) is 11.5 Å². The minimum absolute atomic E-state index is 0.135. The molecule has 0 saturated heterocycles. The van der Waals surface area contributed by atoms with Crippen LogP contribution in [0.25, 0.3) is 0 Å². The smallest absolute Gasteiger partial charge is 0.210 e. The molecular weight excluding hydrogens is 496 g/mol. The molecule has 3 aromatic carbocycles. The second-order valence-electron chi connectivity index (χ2n) is 11.6. The van der Waals surface area contributed by atoms with Crippen LogP contribution in [0.3, 0.4) is 0 Å². The molecule has 5 nitrogen and oxygen atoms in total. The van der Waals surface area contributed by atoms with Gasteiger partial charge in [0.15, 0.2) is 18.2 Å². The zero-order chi connectivity index (χ0) is 28.7. The summed E-state index contributed by atoms with van der Waals surface area (Å²) in [4.78, 5) is 14.5. The Labute approximate surface area is 237 Å². The summed E-state index contributed by atoms with van der Waals surface area (Å²) in [5.41, 5.74) is 7.84. The van der Waals surface area contributed by atoms with Gasteiger partial charge < -0.3 is 14.7 Å². The first kappa shape index (κ1) is 27.4. The largest absolute Gasteiger partial charge is 0.508 e. The number of fused-ring (bicyclic) bond motifs is 2. The zero-order valence-corrected chi connectivity index (χ0v) is 24.4. The van der Waals surface area contributed by atoms with E-state index in [0.717, 1.165) is 29.2 Å². The van der Waals surface area contributed by atoms with E-state index in [0.29, 0.717) is 19.0 Å². The van der Waals surface area contributed by atoms with Crippen molar-refractivity contribution in [3.8, 4) is 11.5 Å². The number of hydrogen-bond acceptors (Lipinski definition) is 4. The highest BCUT2D eigenvalue weighted by atomic mass is 16.5. The summed E-state index contributed by atoms with van der Waals surface area (Å²) in [7, 11) is 0. The highest BCUT2D eigenvalue weighted by Gasteiger charge is 2.45. The number of phenolic OH excluding ortho intramolecular Hbond substituents is 1. The lowest BCUT2D eigenvalue weighted by molar-refractivity contribution is -0.424. The van der Waals surface area contributed by atoms with Crippen LogP contribution in [0.15, 0.2) is 90.7 Å². The Kier molecular flexibility index (Phi) is 7.17. The number of ether oxygens (including phenoxy) is 1. The highest BCUT2D eigenvalue weighted by Crippen LogP contribution is 2.49. The number of nitrogens with zero attached hydrogens (tertiary/aromatic N) is 2. The van der Waals surface area contributed by atoms with Crippen LogP contribution in [0.4, 0.5) is 11.4 Å². The van der Waals surface area contributed by atoms with Crippen molar-refractivity contribution in [1.29, 1.82) is 0 Å². The predicted molar refractivity (Wildman–Crippen MR) is 162 cm³/mol. The Bertz CT molecular complexity index is 1550. The molecule has 1 unspecified atom stereocenters. The first-order valence-electron chi connectivity index (χ1n) is 14.0. The highest BCUT2D eigenvalue weighted by molar-refractivity contribution is 6.03. The molecule has 0 aliphatic carbocycles. The molecule has 2 aliphatic rings. The van der Waals surface area contributed by atoms with Gasteiger partial charge in [-0.1, -0.05) is 42.8 Å². The third-order valence-corrected chi connectivity index (χ3v) is 8.49. The summed E-state index contributed by atoms with van der Waals surface area (Å²) in [6.45, 7) is 13.4. The van der Waals surface area contributed by atoms with Gasteiger partial charge in [-0.05, 0) is 82.2 Å². The number of allylic oxidation sites excluding steroid dienone is 4. The van der Waals surface area contributed by atoms with Gasteiger partial charge in [-0.15, -0.1) is 0 Å². The average Bonchev–Trinajstić information content (AvgIpc) is 3.28. The summed E-state index contributed by atoms with van der Waals surface area (Å²) >= 11 is 0. The van der Waals surface area contributed by atoms with Gasteiger partial charge in [-0.3, -0.25) is 4.79 Å². The second-order valence-corrected chi connectivity index (χ2v) is 11.6. The van der Waals surface area contributed by atoms with E-state index in [2.05, 4.69) is 105 Å². The number of aryl methyl sites for hydroxylation is 1. The van der Waals surface area contributed by atoms with Crippen LogP contribution in [0, 0.1) is 6.92 Å². The van der Waals surface area contributed by atoms with Gasteiger partial charge in [-0.2, -0.15) is 4.58 Å². The standard InChI is InChI=1S/C35H38N2O3/c1-7-35(6)28-11-8-9-12-30(28)37(23-40-27-18-16-26(39)17-19-27)33(35)14-10-13-32-34(4,5)29-21-24(2)15-20-31(29)36(32)22-25(3)38/h8-21H,7,22-23H2,1-6H3/p+1. The van der Waals surface area contributed by atoms with Crippen LogP contribution in [-0.4, -0.2) is 34.5 Å². The van der Waals surface area contributed by atoms with Gasteiger partial charge in [0.1, 0.15) is 11.5 Å². The van der Waals surface area contributed by atoms with E-state index in [4.69, 9.17) is 4.74 Å². The van der Waals surface area contributed by atoms with Crippen molar-refractivity contribution in [1.82, 2.24) is 0 Å². The number of ketones is 1. The third-order valence-electron chi connectivity index (χ3n) is 8.49. The number of benzene rings is 3. The van der Waals surface area contributed by atoms with Gasteiger partial charge in [0.25, 0.3) is 0 Å². The molecule has 1 N–H and O–H groups in total. The first-order valence-corrected chi connectivity index (χ1v) is 14.0. The number of aromatic hydroxyl groups is 1. The molecule has 0 radical (unpaired) electrons. The summed E-state index contributed by atoms with van der Waals surface area (Å²) in [6.07, 6.45) is 7.44. The van der Waals surface area contributed by atoms with Crippen LogP contribution >= 0.6 is 0 Å². The topological polar surface area (TPSA) is 52.8 Å². The summed E-state index contributed by atoms with van der Waals surface area (Å²) in [5, 5.41) is 9.66. The molecule has 3 aromatic rings. The van der Waals surface area contributed by atoms with E-state index in [1.165, 1.54) is 16.7 Å². The number of carbonyl (C=O) groups excluding carboxylic acids is 1. The Morgan fingerprint density at radius 2 is 1.75 bits per heavy atom. The Morgan fingerprint density at radius 3 is 2.45 bits per heavy atom. The fourth-order valence-corrected chi connectivity index (χ4v) is 6.12. The second kappa shape index (κ2) is 10.5. The molecular formula is C35H39N2O3+. The molecule has 0 bridgehead atoms. The molecule has 2 heterocycles. The number of hydrogen-bond donors (Lipinski definition) is 1. The van der Waals surface area contributed by atoms with Crippen LogP contribution in [0.2, 0.25) is 0 Å². The molecule has 0 fully saturated rings. The number of Topliss-reactive ketones (excluding diaryl/α,β-unsaturated/α-hetero) is 1.